The van der Waals surface area contributed by atoms with Gasteiger partial charge in [-0.2, -0.15) is 0 Å². The van der Waals surface area contributed by atoms with Crippen molar-refractivity contribution in [3.63, 3.8) is 0 Å². The number of hydrogen-bond donors (Lipinski definition) is 1. The molecule has 2 nitrogen and oxygen atoms in total. The summed E-state index contributed by atoms with van der Waals surface area (Å²) in [6.07, 6.45) is 3.85. The molecule has 0 amide bonds. The number of nitrogens with two attached hydrogens (primary N) is 1. The molecule has 88 valence electrons. The smallest absolute Gasteiger partial charge is 0.0582 e. The molecule has 2 atom stereocenters. The molecule has 0 aliphatic carbocycles. The molecule has 0 saturated carbocycles. The summed E-state index contributed by atoms with van der Waals surface area (Å²) >= 11 is 3.45. The van der Waals surface area contributed by atoms with Crippen molar-refractivity contribution >= 4 is 15.9 Å². The average molecular weight is 284 g/mol. The van der Waals surface area contributed by atoms with E-state index < -0.39 is 0 Å². The van der Waals surface area contributed by atoms with E-state index in [0.717, 1.165) is 17.5 Å². The highest BCUT2D eigenvalue weighted by atomic mass is 79.9. The standard InChI is InChI=1S/C13H18BrNO/c14-12-5-3-10(4-6-12)11(9-15)8-13-2-1-7-16-13/h3-6,11,13H,1-2,7-9,15H2. The SMILES string of the molecule is NCC(CC1CCCO1)c1ccc(Br)cc1. The lowest BCUT2D eigenvalue weighted by Gasteiger charge is -2.19. The molecule has 1 aliphatic rings. The van der Waals surface area contributed by atoms with Gasteiger partial charge in [0.15, 0.2) is 0 Å². The maximum absolute atomic E-state index is 5.85. The molecule has 3 heteroatoms. The van der Waals surface area contributed by atoms with Crippen LogP contribution >= 0.6 is 15.9 Å². The van der Waals surface area contributed by atoms with Crippen LogP contribution in [-0.2, 0) is 4.74 Å². The second-order valence-corrected chi connectivity index (χ2v) is 5.27. The zero-order valence-corrected chi connectivity index (χ0v) is 10.9. The van der Waals surface area contributed by atoms with Gasteiger partial charge in [0.1, 0.15) is 0 Å². The van der Waals surface area contributed by atoms with Gasteiger partial charge >= 0.3 is 0 Å². The van der Waals surface area contributed by atoms with E-state index in [1.54, 1.807) is 0 Å². The number of benzene rings is 1. The summed E-state index contributed by atoms with van der Waals surface area (Å²) in [4.78, 5) is 0. The molecule has 16 heavy (non-hydrogen) atoms. The van der Waals surface area contributed by atoms with Crippen LogP contribution in [0.5, 0.6) is 0 Å². The van der Waals surface area contributed by atoms with Crippen LogP contribution in [0.2, 0.25) is 0 Å². The van der Waals surface area contributed by atoms with Gasteiger partial charge in [-0.3, -0.25) is 0 Å². The van der Waals surface area contributed by atoms with Gasteiger partial charge in [0, 0.05) is 11.1 Å². The van der Waals surface area contributed by atoms with Crippen LogP contribution in [0.3, 0.4) is 0 Å². The Kier molecular flexibility index (Phi) is 4.38. The minimum atomic E-state index is 0.414. The van der Waals surface area contributed by atoms with Crippen molar-refractivity contribution in [3.8, 4) is 0 Å². The zero-order chi connectivity index (χ0) is 11.4. The first-order valence-corrected chi connectivity index (χ1v) is 6.66. The Morgan fingerprint density at radius 3 is 2.69 bits per heavy atom. The Morgan fingerprint density at radius 2 is 2.12 bits per heavy atom. The van der Waals surface area contributed by atoms with E-state index in [4.69, 9.17) is 10.5 Å². The predicted octanol–water partition coefficient (Wildman–Crippen LogP) is 3.06. The van der Waals surface area contributed by atoms with E-state index in [1.807, 2.05) is 0 Å². The lowest BCUT2D eigenvalue weighted by Crippen LogP contribution is -2.18. The molecule has 0 radical (unpaired) electrons. The van der Waals surface area contributed by atoms with Crippen molar-refractivity contribution < 1.29 is 4.74 Å². The molecule has 2 rings (SSSR count). The molecule has 1 aromatic carbocycles. The molecule has 2 N–H and O–H groups in total. The van der Waals surface area contributed by atoms with Gasteiger partial charge in [-0.15, -0.1) is 0 Å². The Bertz CT molecular complexity index is 319. The van der Waals surface area contributed by atoms with E-state index in [0.29, 0.717) is 18.6 Å². The van der Waals surface area contributed by atoms with Crippen molar-refractivity contribution in [1.82, 2.24) is 0 Å². The maximum atomic E-state index is 5.85. The fraction of sp³-hybridized carbons (Fsp3) is 0.538. The molecule has 0 bridgehead atoms. The van der Waals surface area contributed by atoms with Crippen LogP contribution in [0, 0.1) is 0 Å². The molecule has 1 aliphatic heterocycles. The molecule has 1 aromatic rings. The van der Waals surface area contributed by atoms with Crippen LogP contribution in [0.15, 0.2) is 28.7 Å². The van der Waals surface area contributed by atoms with Crippen molar-refractivity contribution in [2.24, 2.45) is 5.73 Å². The molecule has 1 heterocycles. The first-order chi connectivity index (χ1) is 7.79. The quantitative estimate of drug-likeness (QED) is 0.922. The van der Waals surface area contributed by atoms with E-state index in [-0.39, 0.29) is 0 Å². The molecule has 1 fully saturated rings. The van der Waals surface area contributed by atoms with Gasteiger partial charge in [0.25, 0.3) is 0 Å². The van der Waals surface area contributed by atoms with E-state index in [1.165, 1.54) is 18.4 Å². The van der Waals surface area contributed by atoms with Gasteiger partial charge in [-0.1, -0.05) is 28.1 Å². The molecule has 0 aromatic heterocycles. The van der Waals surface area contributed by atoms with Gasteiger partial charge in [0.05, 0.1) is 6.10 Å². The fourth-order valence-corrected chi connectivity index (χ4v) is 2.52. The van der Waals surface area contributed by atoms with Crippen molar-refractivity contribution in [3.05, 3.63) is 34.3 Å². The normalized spacial score (nSPS) is 22.2. The Morgan fingerprint density at radius 1 is 1.38 bits per heavy atom. The second-order valence-electron chi connectivity index (χ2n) is 4.35. The van der Waals surface area contributed by atoms with Crippen molar-refractivity contribution in [2.45, 2.75) is 31.3 Å². The summed E-state index contributed by atoms with van der Waals surface area (Å²) in [6, 6.07) is 8.45. The highest BCUT2D eigenvalue weighted by Crippen LogP contribution is 2.27. The van der Waals surface area contributed by atoms with Gasteiger partial charge in [0.2, 0.25) is 0 Å². The highest BCUT2D eigenvalue weighted by molar-refractivity contribution is 9.10. The van der Waals surface area contributed by atoms with Crippen molar-refractivity contribution in [2.75, 3.05) is 13.2 Å². The summed E-state index contributed by atoms with van der Waals surface area (Å²) in [6.45, 7) is 1.61. The number of halogens is 1. The zero-order valence-electron chi connectivity index (χ0n) is 9.36. The lowest BCUT2D eigenvalue weighted by atomic mass is 9.92. The van der Waals surface area contributed by atoms with Crippen LogP contribution in [0.4, 0.5) is 0 Å². The third kappa shape index (κ3) is 3.06. The molecular formula is C13H18BrNO. The number of rotatable bonds is 4. The predicted molar refractivity (Wildman–Crippen MR) is 69.5 cm³/mol. The fourth-order valence-electron chi connectivity index (χ4n) is 2.25. The third-order valence-electron chi connectivity index (χ3n) is 3.20. The summed E-state index contributed by atoms with van der Waals surface area (Å²) in [5.74, 6) is 0.427. The maximum Gasteiger partial charge on any atom is 0.0582 e. The van der Waals surface area contributed by atoms with Gasteiger partial charge in [-0.05, 0) is 49.4 Å². The Labute approximate surface area is 105 Å². The molecule has 1 saturated heterocycles. The molecule has 0 spiro atoms. The van der Waals surface area contributed by atoms with E-state index >= 15 is 0 Å². The lowest BCUT2D eigenvalue weighted by molar-refractivity contribution is 0.0984. The summed E-state index contributed by atoms with van der Waals surface area (Å²) < 4.78 is 6.78. The third-order valence-corrected chi connectivity index (χ3v) is 3.73. The van der Waals surface area contributed by atoms with E-state index in [9.17, 15) is 0 Å². The number of ether oxygens (including phenoxy) is 1. The Balaban J connectivity index is 2.00. The summed E-state index contributed by atoms with van der Waals surface area (Å²) in [5.41, 5.74) is 7.17. The van der Waals surface area contributed by atoms with E-state index in [2.05, 4.69) is 40.2 Å². The Hall–Kier alpha value is -0.380. The van der Waals surface area contributed by atoms with Crippen LogP contribution in [0.25, 0.3) is 0 Å². The molecular weight excluding hydrogens is 266 g/mol. The summed E-state index contributed by atoms with van der Waals surface area (Å²) in [5, 5.41) is 0. The monoisotopic (exact) mass is 283 g/mol. The highest BCUT2D eigenvalue weighted by Gasteiger charge is 2.20. The first kappa shape index (κ1) is 12.1. The van der Waals surface area contributed by atoms with Crippen LogP contribution in [-0.4, -0.2) is 19.3 Å². The second kappa shape index (κ2) is 5.80. The van der Waals surface area contributed by atoms with Crippen LogP contribution < -0.4 is 5.73 Å². The number of hydrogen-bond acceptors (Lipinski definition) is 2. The topological polar surface area (TPSA) is 35.2 Å². The minimum absolute atomic E-state index is 0.414. The van der Waals surface area contributed by atoms with Crippen molar-refractivity contribution in [1.29, 1.82) is 0 Å². The first-order valence-electron chi connectivity index (χ1n) is 5.86. The largest absolute Gasteiger partial charge is 0.378 e. The average Bonchev–Trinajstić information content (AvgIpc) is 2.80. The molecule has 2 unspecified atom stereocenters. The van der Waals surface area contributed by atoms with Gasteiger partial charge < -0.3 is 10.5 Å². The van der Waals surface area contributed by atoms with Crippen LogP contribution in [0.1, 0.15) is 30.7 Å². The van der Waals surface area contributed by atoms with Gasteiger partial charge in [-0.25, -0.2) is 0 Å². The minimum Gasteiger partial charge on any atom is -0.378 e. The summed E-state index contributed by atoms with van der Waals surface area (Å²) in [7, 11) is 0.